The molecule has 0 aromatic carbocycles. The summed E-state index contributed by atoms with van der Waals surface area (Å²) in [6.07, 6.45) is 6.87. The summed E-state index contributed by atoms with van der Waals surface area (Å²) in [4.78, 5) is 14.9. The lowest BCUT2D eigenvalue weighted by atomic mass is 10.4. The third-order valence-electron chi connectivity index (χ3n) is 3.74. The minimum atomic E-state index is -2.97. The van der Waals surface area contributed by atoms with E-state index in [-0.39, 0.29) is 11.0 Å². The molecule has 3 rings (SSSR count). The summed E-state index contributed by atoms with van der Waals surface area (Å²) < 4.78 is 25.4. The molecule has 3 heterocycles. The Hall–Kier alpha value is -1.96. The van der Waals surface area contributed by atoms with E-state index in [1.54, 1.807) is 25.5 Å². The van der Waals surface area contributed by atoms with Crippen molar-refractivity contribution in [3.05, 3.63) is 30.6 Å². The van der Waals surface area contributed by atoms with Crippen LogP contribution in [-0.2, 0) is 9.84 Å². The Labute approximate surface area is 123 Å². The van der Waals surface area contributed by atoms with Gasteiger partial charge in [-0.3, -0.25) is 9.55 Å². The van der Waals surface area contributed by atoms with Crippen LogP contribution in [0.4, 0.5) is 5.82 Å². The zero-order valence-electron chi connectivity index (χ0n) is 12.0. The van der Waals surface area contributed by atoms with E-state index in [0.29, 0.717) is 24.7 Å². The lowest BCUT2D eigenvalue weighted by molar-refractivity contribution is 0.568. The van der Waals surface area contributed by atoms with E-state index >= 15 is 0 Å². The van der Waals surface area contributed by atoms with Gasteiger partial charge in [-0.25, -0.2) is 18.4 Å². The van der Waals surface area contributed by atoms with Gasteiger partial charge in [0.25, 0.3) is 0 Å². The van der Waals surface area contributed by atoms with Gasteiger partial charge in [0, 0.05) is 25.5 Å². The number of nitrogens with zero attached hydrogens (tertiary/aromatic N) is 5. The summed E-state index contributed by atoms with van der Waals surface area (Å²) in [7, 11) is -2.97. The molecule has 0 bridgehead atoms. The Morgan fingerprint density at radius 1 is 1.29 bits per heavy atom. The lowest BCUT2D eigenvalue weighted by Crippen LogP contribution is -2.46. The fourth-order valence-electron chi connectivity index (χ4n) is 2.40. The van der Waals surface area contributed by atoms with Crippen molar-refractivity contribution in [3.8, 4) is 5.82 Å². The summed E-state index contributed by atoms with van der Waals surface area (Å²) in [6, 6.07) is 0. The van der Waals surface area contributed by atoms with E-state index in [1.165, 1.54) is 0 Å². The quantitative estimate of drug-likeness (QED) is 0.808. The van der Waals surface area contributed by atoms with Crippen molar-refractivity contribution in [1.29, 1.82) is 0 Å². The van der Waals surface area contributed by atoms with Gasteiger partial charge in [-0.05, 0) is 13.8 Å². The Balaban J connectivity index is 1.89. The van der Waals surface area contributed by atoms with E-state index in [9.17, 15) is 8.42 Å². The van der Waals surface area contributed by atoms with Crippen LogP contribution in [0.25, 0.3) is 5.82 Å². The van der Waals surface area contributed by atoms with Crippen molar-refractivity contribution in [2.75, 3.05) is 23.7 Å². The normalized spacial score (nSPS) is 21.4. The predicted octanol–water partition coefficient (Wildman–Crippen LogP) is 0.594. The summed E-state index contributed by atoms with van der Waals surface area (Å²) in [5, 5.41) is -0.383. The fourth-order valence-corrected chi connectivity index (χ4v) is 3.68. The van der Waals surface area contributed by atoms with Gasteiger partial charge in [0.05, 0.1) is 23.4 Å². The van der Waals surface area contributed by atoms with Crippen molar-refractivity contribution in [2.45, 2.75) is 19.1 Å². The minimum Gasteiger partial charge on any atom is -0.353 e. The molecule has 0 amide bonds. The Morgan fingerprint density at radius 2 is 2.05 bits per heavy atom. The first kappa shape index (κ1) is 14.0. The molecule has 21 heavy (non-hydrogen) atoms. The molecular formula is C13H17N5O2S. The third-order valence-corrected chi connectivity index (χ3v) is 5.87. The smallest absolute Gasteiger partial charge is 0.159 e. The van der Waals surface area contributed by atoms with Crippen molar-refractivity contribution < 1.29 is 8.42 Å². The zero-order chi connectivity index (χ0) is 15.0. The molecule has 0 spiro atoms. The number of anilines is 1. The second-order valence-electron chi connectivity index (χ2n) is 5.20. The van der Waals surface area contributed by atoms with Gasteiger partial charge in [-0.1, -0.05) is 0 Å². The molecule has 2 aromatic rings. The molecule has 2 aromatic heterocycles. The SMILES string of the molecule is Cc1nccn1-c1cncc(N2CCS(=O)(=O)[C@@H](C)C2)n1. The molecule has 1 aliphatic heterocycles. The van der Waals surface area contributed by atoms with Crippen LogP contribution in [-0.4, -0.2) is 52.0 Å². The highest BCUT2D eigenvalue weighted by atomic mass is 32.2. The average molecular weight is 307 g/mol. The molecule has 112 valence electrons. The third kappa shape index (κ3) is 2.63. The number of aryl methyl sites for hydroxylation is 1. The predicted molar refractivity (Wildman–Crippen MR) is 79.4 cm³/mol. The molecule has 1 atom stereocenters. The van der Waals surface area contributed by atoms with Gasteiger partial charge in [-0.15, -0.1) is 0 Å². The highest BCUT2D eigenvalue weighted by Gasteiger charge is 2.30. The molecular weight excluding hydrogens is 290 g/mol. The van der Waals surface area contributed by atoms with Crippen LogP contribution < -0.4 is 4.90 Å². The Morgan fingerprint density at radius 3 is 2.71 bits per heavy atom. The first-order valence-electron chi connectivity index (χ1n) is 6.76. The highest BCUT2D eigenvalue weighted by molar-refractivity contribution is 7.92. The van der Waals surface area contributed by atoms with E-state index < -0.39 is 9.84 Å². The zero-order valence-corrected chi connectivity index (χ0v) is 12.8. The minimum absolute atomic E-state index is 0.157. The molecule has 7 nitrogen and oxygen atoms in total. The van der Waals surface area contributed by atoms with Gasteiger partial charge in [0.15, 0.2) is 15.7 Å². The molecule has 8 heteroatoms. The van der Waals surface area contributed by atoms with Crippen molar-refractivity contribution in [1.82, 2.24) is 19.5 Å². The van der Waals surface area contributed by atoms with Crippen LogP contribution >= 0.6 is 0 Å². The summed E-state index contributed by atoms with van der Waals surface area (Å²) in [6.45, 7) is 4.53. The van der Waals surface area contributed by atoms with Gasteiger partial charge in [0.2, 0.25) is 0 Å². The topological polar surface area (TPSA) is 81.0 Å². The molecule has 0 saturated carbocycles. The van der Waals surface area contributed by atoms with Gasteiger partial charge >= 0.3 is 0 Å². The van der Waals surface area contributed by atoms with Crippen LogP contribution in [0.1, 0.15) is 12.7 Å². The van der Waals surface area contributed by atoms with E-state index in [4.69, 9.17) is 0 Å². The van der Waals surface area contributed by atoms with E-state index in [0.717, 1.165) is 5.82 Å². The van der Waals surface area contributed by atoms with Gasteiger partial charge in [-0.2, -0.15) is 0 Å². The summed E-state index contributed by atoms with van der Waals surface area (Å²) in [5.74, 6) is 2.37. The maximum Gasteiger partial charge on any atom is 0.159 e. The number of sulfone groups is 1. The number of rotatable bonds is 2. The molecule has 1 aliphatic rings. The van der Waals surface area contributed by atoms with Crippen LogP contribution in [0.2, 0.25) is 0 Å². The first-order valence-corrected chi connectivity index (χ1v) is 8.48. The second kappa shape index (κ2) is 5.10. The Kier molecular flexibility index (Phi) is 3.40. The molecule has 1 saturated heterocycles. The van der Waals surface area contributed by atoms with Crippen LogP contribution in [0.5, 0.6) is 0 Å². The van der Waals surface area contributed by atoms with Crippen molar-refractivity contribution >= 4 is 15.7 Å². The van der Waals surface area contributed by atoms with Crippen LogP contribution in [0, 0.1) is 6.92 Å². The fraction of sp³-hybridized carbons (Fsp3) is 0.462. The number of aromatic nitrogens is 4. The van der Waals surface area contributed by atoms with E-state index in [2.05, 4.69) is 15.0 Å². The lowest BCUT2D eigenvalue weighted by Gasteiger charge is -2.31. The largest absolute Gasteiger partial charge is 0.353 e. The molecule has 0 aliphatic carbocycles. The van der Waals surface area contributed by atoms with Crippen molar-refractivity contribution in [3.63, 3.8) is 0 Å². The van der Waals surface area contributed by atoms with Crippen LogP contribution in [0.15, 0.2) is 24.8 Å². The number of hydrogen-bond acceptors (Lipinski definition) is 6. The second-order valence-corrected chi connectivity index (χ2v) is 7.74. The summed E-state index contributed by atoms with van der Waals surface area (Å²) in [5.41, 5.74) is 0. The highest BCUT2D eigenvalue weighted by Crippen LogP contribution is 2.19. The van der Waals surface area contributed by atoms with Crippen LogP contribution in [0.3, 0.4) is 0 Å². The first-order chi connectivity index (χ1) is 9.97. The van der Waals surface area contributed by atoms with Gasteiger partial charge in [0.1, 0.15) is 11.6 Å². The average Bonchev–Trinajstić information content (AvgIpc) is 2.88. The monoisotopic (exact) mass is 307 g/mol. The van der Waals surface area contributed by atoms with E-state index in [1.807, 2.05) is 22.6 Å². The molecule has 0 N–H and O–H groups in total. The maximum atomic E-state index is 11.8. The number of imidazole rings is 1. The summed E-state index contributed by atoms with van der Waals surface area (Å²) >= 11 is 0. The maximum absolute atomic E-state index is 11.8. The Bertz CT molecular complexity index is 755. The molecule has 0 radical (unpaired) electrons. The number of hydrogen-bond donors (Lipinski definition) is 0. The van der Waals surface area contributed by atoms with Gasteiger partial charge < -0.3 is 4.90 Å². The molecule has 1 fully saturated rings. The standard InChI is InChI=1S/C13H17N5O2S/c1-10-9-17(5-6-21(10,19)20)12-7-14-8-13(16-12)18-4-3-15-11(18)2/h3-4,7-8,10H,5-6,9H2,1-2H3/t10-/m0/s1. The van der Waals surface area contributed by atoms with Crippen molar-refractivity contribution in [2.24, 2.45) is 0 Å². The molecule has 0 unspecified atom stereocenters.